The van der Waals surface area contributed by atoms with E-state index in [1.807, 2.05) is 0 Å². The topological polar surface area (TPSA) is 74.5 Å². The second-order valence-corrected chi connectivity index (χ2v) is 4.91. The van der Waals surface area contributed by atoms with Gasteiger partial charge in [0.2, 0.25) is 5.75 Å². The van der Waals surface area contributed by atoms with Gasteiger partial charge >= 0.3 is 5.69 Å². The SMILES string of the molecule is COc1cc2nccc(C(Cl)Cl)c2c([N+](=O)[O-])c1OC. The third-order valence-electron chi connectivity index (χ3n) is 2.80. The molecule has 0 unspecified atom stereocenters. The molecule has 2 aromatic rings. The fourth-order valence-corrected chi connectivity index (χ4v) is 2.35. The first-order valence-electron chi connectivity index (χ1n) is 5.47. The van der Waals surface area contributed by atoms with Gasteiger partial charge in [-0.05, 0) is 6.07 Å². The van der Waals surface area contributed by atoms with Gasteiger partial charge in [-0.3, -0.25) is 15.1 Å². The fraction of sp³-hybridized carbons (Fsp3) is 0.250. The number of hydrogen-bond donors (Lipinski definition) is 0. The second kappa shape index (κ2) is 5.68. The molecule has 0 radical (unpaired) electrons. The van der Waals surface area contributed by atoms with E-state index in [2.05, 4.69) is 4.98 Å². The molecule has 0 saturated heterocycles. The van der Waals surface area contributed by atoms with Crippen LogP contribution in [-0.4, -0.2) is 24.1 Å². The van der Waals surface area contributed by atoms with Gasteiger partial charge in [-0.15, -0.1) is 23.2 Å². The summed E-state index contributed by atoms with van der Waals surface area (Å²) in [6.45, 7) is 0. The quantitative estimate of drug-likeness (QED) is 0.489. The van der Waals surface area contributed by atoms with Crippen molar-refractivity contribution in [2.75, 3.05) is 14.2 Å². The van der Waals surface area contributed by atoms with E-state index in [-0.39, 0.29) is 22.6 Å². The van der Waals surface area contributed by atoms with Crippen molar-refractivity contribution < 1.29 is 14.4 Å². The van der Waals surface area contributed by atoms with E-state index in [4.69, 9.17) is 32.7 Å². The molecule has 0 amide bonds. The standard InChI is InChI=1S/C12H10Cl2N2O4/c1-19-8-5-7-9(6(12(13)14)3-4-15-7)10(16(17)18)11(8)20-2/h3-5,12H,1-2H3. The number of nitro benzene ring substituents is 1. The maximum atomic E-state index is 11.4. The van der Waals surface area contributed by atoms with Crippen molar-refractivity contribution in [3.63, 3.8) is 0 Å². The molecule has 0 saturated carbocycles. The number of ether oxygens (including phenoxy) is 2. The zero-order chi connectivity index (χ0) is 14.9. The largest absolute Gasteiger partial charge is 0.493 e. The molecule has 0 fully saturated rings. The van der Waals surface area contributed by atoms with Gasteiger partial charge in [0.25, 0.3) is 0 Å². The first-order chi connectivity index (χ1) is 9.51. The number of halogens is 2. The van der Waals surface area contributed by atoms with Crippen molar-refractivity contribution in [2.45, 2.75) is 4.84 Å². The van der Waals surface area contributed by atoms with Crippen LogP contribution in [0.15, 0.2) is 18.3 Å². The lowest BCUT2D eigenvalue weighted by molar-refractivity contribution is -0.384. The molecule has 0 N–H and O–H groups in total. The van der Waals surface area contributed by atoms with Crippen LogP contribution in [0.1, 0.15) is 10.4 Å². The van der Waals surface area contributed by atoms with E-state index >= 15 is 0 Å². The van der Waals surface area contributed by atoms with Crippen LogP contribution < -0.4 is 9.47 Å². The summed E-state index contributed by atoms with van der Waals surface area (Å²) in [5, 5.41) is 11.6. The molecule has 6 nitrogen and oxygen atoms in total. The molecule has 0 bridgehead atoms. The number of pyridine rings is 1. The summed E-state index contributed by atoms with van der Waals surface area (Å²) >= 11 is 11.7. The molecule has 1 aromatic carbocycles. The first-order valence-corrected chi connectivity index (χ1v) is 6.34. The van der Waals surface area contributed by atoms with Gasteiger partial charge in [0.1, 0.15) is 4.84 Å². The minimum absolute atomic E-state index is 0.00762. The number of fused-ring (bicyclic) bond motifs is 1. The Labute approximate surface area is 124 Å². The third kappa shape index (κ3) is 2.32. The summed E-state index contributed by atoms with van der Waals surface area (Å²) in [5.41, 5.74) is 0.486. The Bertz CT molecular complexity index is 676. The maximum absolute atomic E-state index is 11.4. The number of rotatable bonds is 4. The Morgan fingerprint density at radius 2 is 2.05 bits per heavy atom. The maximum Gasteiger partial charge on any atom is 0.324 e. The highest BCUT2D eigenvalue weighted by Crippen LogP contribution is 2.45. The van der Waals surface area contributed by atoms with E-state index < -0.39 is 9.76 Å². The van der Waals surface area contributed by atoms with Crippen LogP contribution in [0, 0.1) is 10.1 Å². The van der Waals surface area contributed by atoms with Crippen molar-refractivity contribution >= 4 is 39.8 Å². The van der Waals surface area contributed by atoms with Crippen molar-refractivity contribution in [2.24, 2.45) is 0 Å². The Hall–Kier alpha value is -1.79. The number of alkyl halides is 2. The molecule has 0 atom stereocenters. The number of hydrogen-bond acceptors (Lipinski definition) is 5. The van der Waals surface area contributed by atoms with E-state index in [9.17, 15) is 10.1 Å². The zero-order valence-electron chi connectivity index (χ0n) is 10.6. The smallest absolute Gasteiger partial charge is 0.324 e. The normalized spacial score (nSPS) is 10.8. The fourth-order valence-electron chi connectivity index (χ4n) is 1.99. The number of aromatic nitrogens is 1. The van der Waals surface area contributed by atoms with E-state index in [0.717, 1.165) is 0 Å². The first kappa shape index (κ1) is 14.6. The molecule has 1 aromatic heterocycles. The van der Waals surface area contributed by atoms with Gasteiger partial charge in [0.05, 0.1) is 30.0 Å². The monoisotopic (exact) mass is 316 g/mol. The van der Waals surface area contributed by atoms with E-state index in [0.29, 0.717) is 11.1 Å². The second-order valence-electron chi connectivity index (χ2n) is 3.81. The van der Waals surface area contributed by atoms with Gasteiger partial charge in [-0.1, -0.05) is 0 Å². The highest BCUT2D eigenvalue weighted by molar-refractivity contribution is 6.44. The average molecular weight is 317 g/mol. The van der Waals surface area contributed by atoms with Crippen molar-refractivity contribution in [3.05, 3.63) is 34.0 Å². The Morgan fingerprint density at radius 3 is 2.55 bits per heavy atom. The summed E-state index contributed by atoms with van der Waals surface area (Å²) in [5.74, 6) is 0.227. The van der Waals surface area contributed by atoms with Crippen LogP contribution in [0.3, 0.4) is 0 Å². The average Bonchev–Trinajstić information content (AvgIpc) is 2.43. The summed E-state index contributed by atoms with van der Waals surface area (Å²) in [6.07, 6.45) is 1.48. The molecule has 20 heavy (non-hydrogen) atoms. The molecule has 0 aliphatic heterocycles. The van der Waals surface area contributed by atoms with Gasteiger partial charge in [-0.2, -0.15) is 0 Å². The lowest BCUT2D eigenvalue weighted by Crippen LogP contribution is -2.01. The van der Waals surface area contributed by atoms with Crippen LogP contribution >= 0.6 is 23.2 Å². The zero-order valence-corrected chi connectivity index (χ0v) is 12.1. The number of nitrogens with zero attached hydrogens (tertiary/aromatic N) is 2. The summed E-state index contributed by atoms with van der Waals surface area (Å²) < 4.78 is 10.2. The molecule has 2 rings (SSSR count). The van der Waals surface area contributed by atoms with Gasteiger partial charge in [0.15, 0.2) is 5.75 Å². The molecule has 1 heterocycles. The summed E-state index contributed by atoms with van der Waals surface area (Å²) in [4.78, 5) is 14.0. The van der Waals surface area contributed by atoms with Gasteiger partial charge in [-0.25, -0.2) is 0 Å². The van der Waals surface area contributed by atoms with Crippen molar-refractivity contribution in [1.29, 1.82) is 0 Å². The minimum atomic E-state index is -0.919. The van der Waals surface area contributed by atoms with Crippen LogP contribution in [0.25, 0.3) is 10.9 Å². The number of methoxy groups -OCH3 is 2. The predicted octanol–water partition coefficient (Wildman–Crippen LogP) is 3.64. The molecule has 0 aliphatic rings. The lowest BCUT2D eigenvalue weighted by Gasteiger charge is -2.12. The van der Waals surface area contributed by atoms with E-state index in [1.54, 1.807) is 6.07 Å². The Morgan fingerprint density at radius 1 is 1.35 bits per heavy atom. The summed E-state index contributed by atoms with van der Waals surface area (Å²) in [6, 6.07) is 3.08. The van der Waals surface area contributed by atoms with Crippen LogP contribution in [0.4, 0.5) is 5.69 Å². The van der Waals surface area contributed by atoms with Gasteiger partial charge < -0.3 is 9.47 Å². The number of nitro groups is 1. The van der Waals surface area contributed by atoms with Gasteiger partial charge in [0, 0.05) is 17.8 Å². The van der Waals surface area contributed by atoms with Crippen molar-refractivity contribution in [3.8, 4) is 11.5 Å². The van der Waals surface area contributed by atoms with Crippen LogP contribution in [0.2, 0.25) is 0 Å². The summed E-state index contributed by atoms with van der Waals surface area (Å²) in [7, 11) is 2.72. The highest BCUT2D eigenvalue weighted by Gasteiger charge is 2.28. The third-order valence-corrected chi connectivity index (χ3v) is 3.27. The Kier molecular flexibility index (Phi) is 4.15. The predicted molar refractivity (Wildman–Crippen MR) is 75.9 cm³/mol. The van der Waals surface area contributed by atoms with Crippen LogP contribution in [0.5, 0.6) is 11.5 Å². The molecular weight excluding hydrogens is 307 g/mol. The molecule has 0 aliphatic carbocycles. The molecular formula is C12H10Cl2N2O4. The van der Waals surface area contributed by atoms with Crippen LogP contribution in [-0.2, 0) is 0 Å². The van der Waals surface area contributed by atoms with E-state index in [1.165, 1.54) is 26.5 Å². The number of benzene rings is 1. The van der Waals surface area contributed by atoms with Crippen molar-refractivity contribution in [1.82, 2.24) is 4.98 Å². The highest BCUT2D eigenvalue weighted by atomic mass is 35.5. The Balaban J connectivity index is 2.99. The minimum Gasteiger partial charge on any atom is -0.493 e. The molecule has 8 heteroatoms. The molecule has 106 valence electrons. The lowest BCUT2D eigenvalue weighted by atomic mass is 10.1. The molecule has 0 spiro atoms.